The summed E-state index contributed by atoms with van der Waals surface area (Å²) in [6.45, 7) is -0.470. The molecule has 0 saturated heterocycles. The molecule has 0 saturated carbocycles. The number of pyridine rings is 1. The maximum absolute atomic E-state index is 12.1. The van der Waals surface area contributed by atoms with Gasteiger partial charge in [-0.15, -0.1) is 0 Å². The fourth-order valence-electron chi connectivity index (χ4n) is 2.35. The number of rotatable bonds is 6. The number of hydrogen-bond acceptors (Lipinski definition) is 5. The van der Waals surface area contributed by atoms with E-state index in [-0.39, 0.29) is 10.7 Å². The van der Waals surface area contributed by atoms with Crippen molar-refractivity contribution in [3.05, 3.63) is 101 Å². The van der Waals surface area contributed by atoms with Crippen LogP contribution in [0, 0.1) is 0 Å². The van der Waals surface area contributed by atoms with Crippen molar-refractivity contribution >= 4 is 29.2 Å². The van der Waals surface area contributed by atoms with Crippen molar-refractivity contribution in [1.82, 2.24) is 10.4 Å². The van der Waals surface area contributed by atoms with Gasteiger partial charge in [-0.25, -0.2) is 15.2 Å². The minimum atomic E-state index is -0.672. The van der Waals surface area contributed by atoms with E-state index < -0.39 is 18.5 Å². The van der Waals surface area contributed by atoms with Gasteiger partial charge in [-0.2, -0.15) is 5.10 Å². The monoisotopic (exact) mass is 393 g/mol. The van der Waals surface area contributed by atoms with E-state index in [9.17, 15) is 9.59 Å². The molecule has 0 atom stereocenters. The molecule has 3 aromatic rings. The summed E-state index contributed by atoms with van der Waals surface area (Å²) < 4.78 is 4.97. The van der Waals surface area contributed by atoms with Crippen LogP contribution in [-0.2, 0) is 9.53 Å². The minimum absolute atomic E-state index is 0.204. The molecule has 6 nitrogen and oxygen atoms in total. The molecule has 7 heteroatoms. The van der Waals surface area contributed by atoms with Gasteiger partial charge in [0.1, 0.15) is 5.15 Å². The number of hydrogen-bond donors (Lipinski definition) is 1. The first kappa shape index (κ1) is 19.3. The Morgan fingerprint density at radius 1 is 0.893 bits per heavy atom. The quantitative estimate of drug-likeness (QED) is 0.301. The molecule has 0 unspecified atom stereocenters. The predicted molar refractivity (Wildman–Crippen MR) is 106 cm³/mol. The molecule has 3 rings (SSSR count). The van der Waals surface area contributed by atoms with Gasteiger partial charge < -0.3 is 4.74 Å². The first-order chi connectivity index (χ1) is 13.6. The summed E-state index contributed by atoms with van der Waals surface area (Å²) >= 11 is 5.67. The molecule has 0 aliphatic rings. The average molecular weight is 394 g/mol. The number of aromatic nitrogens is 1. The Morgan fingerprint density at radius 2 is 1.50 bits per heavy atom. The number of ether oxygens (including phenoxy) is 1. The van der Waals surface area contributed by atoms with Crippen molar-refractivity contribution in [2.75, 3.05) is 6.61 Å². The standard InChI is InChI=1S/C21H16ClN3O3/c22-18-12-11-17(13-23-18)21(27)28-14-19(26)24-25-20(15-7-3-1-4-8-15)16-9-5-2-6-10-16/h1-13H,14H2,(H,24,26). The molecule has 1 amide bonds. The molecule has 0 spiro atoms. The molecular formula is C21H16ClN3O3. The Hall–Kier alpha value is -3.51. The summed E-state index contributed by atoms with van der Waals surface area (Å²) in [5, 5.41) is 4.48. The van der Waals surface area contributed by atoms with E-state index in [0.29, 0.717) is 5.71 Å². The SMILES string of the molecule is O=C(COC(=O)c1ccc(Cl)nc1)NN=C(c1ccccc1)c1ccccc1. The van der Waals surface area contributed by atoms with Crippen LogP contribution in [0.15, 0.2) is 84.1 Å². The van der Waals surface area contributed by atoms with Gasteiger partial charge in [0.2, 0.25) is 0 Å². The zero-order valence-electron chi connectivity index (χ0n) is 14.7. The highest BCUT2D eigenvalue weighted by atomic mass is 35.5. The third-order valence-electron chi connectivity index (χ3n) is 3.68. The number of benzene rings is 2. The Bertz CT molecular complexity index is 933. The number of nitrogens with zero attached hydrogens (tertiary/aromatic N) is 2. The number of halogens is 1. The second-order valence-electron chi connectivity index (χ2n) is 5.67. The lowest BCUT2D eigenvalue weighted by atomic mass is 10.0. The van der Waals surface area contributed by atoms with Crippen LogP contribution >= 0.6 is 11.6 Å². The molecule has 1 N–H and O–H groups in total. The molecule has 2 aromatic carbocycles. The topological polar surface area (TPSA) is 80.7 Å². The van der Waals surface area contributed by atoms with Crippen molar-refractivity contribution in [3.8, 4) is 0 Å². The van der Waals surface area contributed by atoms with E-state index in [0.717, 1.165) is 11.1 Å². The molecule has 140 valence electrons. The van der Waals surface area contributed by atoms with Gasteiger partial charge in [0.15, 0.2) is 6.61 Å². The van der Waals surface area contributed by atoms with Gasteiger partial charge in [0.25, 0.3) is 5.91 Å². The van der Waals surface area contributed by atoms with E-state index >= 15 is 0 Å². The van der Waals surface area contributed by atoms with E-state index in [2.05, 4.69) is 15.5 Å². The van der Waals surface area contributed by atoms with Crippen LogP contribution in [0.5, 0.6) is 0 Å². The second kappa shape index (κ2) is 9.43. The largest absolute Gasteiger partial charge is 0.452 e. The average Bonchev–Trinajstić information content (AvgIpc) is 2.74. The summed E-state index contributed by atoms with van der Waals surface area (Å²) in [4.78, 5) is 27.8. The number of esters is 1. The molecule has 1 aromatic heterocycles. The number of amides is 1. The zero-order valence-corrected chi connectivity index (χ0v) is 15.5. The number of hydrazone groups is 1. The lowest BCUT2D eigenvalue weighted by Crippen LogP contribution is -2.26. The van der Waals surface area contributed by atoms with Gasteiger partial charge in [-0.3, -0.25) is 4.79 Å². The highest BCUT2D eigenvalue weighted by molar-refractivity contribution is 6.29. The first-order valence-electron chi connectivity index (χ1n) is 8.39. The van der Waals surface area contributed by atoms with Crippen molar-refractivity contribution in [2.24, 2.45) is 5.10 Å². The molecular weight excluding hydrogens is 378 g/mol. The Kier molecular flexibility index (Phi) is 6.49. The van der Waals surface area contributed by atoms with Crippen LogP contribution in [0.3, 0.4) is 0 Å². The summed E-state index contributed by atoms with van der Waals surface area (Å²) in [6.07, 6.45) is 1.28. The predicted octanol–water partition coefficient (Wildman–Crippen LogP) is 3.46. The maximum atomic E-state index is 12.1. The van der Waals surface area contributed by atoms with Crippen LogP contribution in [-0.4, -0.2) is 29.2 Å². The van der Waals surface area contributed by atoms with Crippen LogP contribution < -0.4 is 5.43 Å². The Labute approximate surface area is 166 Å². The van der Waals surface area contributed by atoms with Crippen molar-refractivity contribution in [3.63, 3.8) is 0 Å². The van der Waals surface area contributed by atoms with E-state index in [1.807, 2.05) is 60.7 Å². The number of carbonyl (C=O) groups excluding carboxylic acids is 2. The molecule has 0 fully saturated rings. The van der Waals surface area contributed by atoms with Gasteiger partial charge in [0.05, 0.1) is 11.3 Å². The first-order valence-corrected chi connectivity index (χ1v) is 8.77. The third kappa shape index (κ3) is 5.25. The summed E-state index contributed by atoms with van der Waals surface area (Å²) in [5.74, 6) is -1.23. The number of nitrogens with one attached hydrogen (secondary N) is 1. The van der Waals surface area contributed by atoms with Crippen LogP contribution in [0.2, 0.25) is 5.15 Å². The van der Waals surface area contributed by atoms with Gasteiger partial charge in [0, 0.05) is 17.3 Å². The van der Waals surface area contributed by atoms with Gasteiger partial charge in [-0.05, 0) is 12.1 Å². The fraction of sp³-hybridized carbons (Fsp3) is 0.0476. The van der Waals surface area contributed by atoms with Gasteiger partial charge in [-0.1, -0.05) is 72.3 Å². The summed E-state index contributed by atoms with van der Waals surface area (Å²) in [7, 11) is 0. The normalized spacial score (nSPS) is 10.0. The van der Waals surface area contributed by atoms with E-state index in [1.165, 1.54) is 18.3 Å². The lowest BCUT2D eigenvalue weighted by molar-refractivity contribution is -0.124. The maximum Gasteiger partial charge on any atom is 0.340 e. The van der Waals surface area contributed by atoms with Crippen LogP contribution in [0.1, 0.15) is 21.5 Å². The highest BCUT2D eigenvalue weighted by Crippen LogP contribution is 2.10. The Balaban J connectivity index is 1.66. The Morgan fingerprint density at radius 3 is 2.04 bits per heavy atom. The van der Waals surface area contributed by atoms with Crippen LogP contribution in [0.25, 0.3) is 0 Å². The number of carbonyl (C=O) groups is 2. The van der Waals surface area contributed by atoms with Crippen molar-refractivity contribution in [1.29, 1.82) is 0 Å². The van der Waals surface area contributed by atoms with Crippen LogP contribution in [0.4, 0.5) is 0 Å². The molecule has 0 radical (unpaired) electrons. The third-order valence-corrected chi connectivity index (χ3v) is 3.91. The highest BCUT2D eigenvalue weighted by Gasteiger charge is 2.12. The van der Waals surface area contributed by atoms with E-state index in [1.54, 1.807) is 0 Å². The molecule has 0 bridgehead atoms. The van der Waals surface area contributed by atoms with E-state index in [4.69, 9.17) is 16.3 Å². The zero-order chi connectivity index (χ0) is 19.8. The minimum Gasteiger partial charge on any atom is -0.452 e. The second-order valence-corrected chi connectivity index (χ2v) is 6.06. The smallest absolute Gasteiger partial charge is 0.340 e. The summed E-state index contributed by atoms with van der Waals surface area (Å²) in [5.41, 5.74) is 4.93. The molecule has 0 aliphatic carbocycles. The summed E-state index contributed by atoms with van der Waals surface area (Å²) in [6, 6.07) is 21.9. The fourth-order valence-corrected chi connectivity index (χ4v) is 2.46. The van der Waals surface area contributed by atoms with Crippen molar-refractivity contribution < 1.29 is 14.3 Å². The molecule has 0 aliphatic heterocycles. The lowest BCUT2D eigenvalue weighted by Gasteiger charge is -2.08. The molecule has 28 heavy (non-hydrogen) atoms. The van der Waals surface area contributed by atoms with Crippen molar-refractivity contribution in [2.45, 2.75) is 0 Å². The molecule has 1 heterocycles. The van der Waals surface area contributed by atoms with Gasteiger partial charge >= 0.3 is 5.97 Å².